The van der Waals surface area contributed by atoms with Gasteiger partial charge in [0.1, 0.15) is 0 Å². The maximum atomic E-state index is 13.1. The number of sulfonamides is 2. The predicted octanol–water partition coefficient (Wildman–Crippen LogP) is 3.98. The zero-order valence-electron chi connectivity index (χ0n) is 19.0. The molecule has 0 heterocycles. The van der Waals surface area contributed by atoms with Crippen molar-refractivity contribution in [2.45, 2.75) is 16.7 Å². The van der Waals surface area contributed by atoms with Crippen molar-refractivity contribution in [3.63, 3.8) is 0 Å². The molecule has 3 aromatic rings. The molecule has 3 rings (SSSR count). The molecular formula is C23H24ClN3O5S2. The lowest BCUT2D eigenvalue weighted by Gasteiger charge is -2.20. The predicted molar refractivity (Wildman–Crippen MR) is 133 cm³/mol. The number of nitrogens with zero attached hydrogens (tertiary/aromatic N) is 2. The van der Waals surface area contributed by atoms with E-state index in [9.17, 15) is 21.6 Å². The van der Waals surface area contributed by atoms with Gasteiger partial charge in [-0.2, -0.15) is 0 Å². The number of anilines is 2. The van der Waals surface area contributed by atoms with Crippen LogP contribution in [0.1, 0.15) is 15.9 Å². The van der Waals surface area contributed by atoms with Gasteiger partial charge in [0.25, 0.3) is 15.9 Å². The van der Waals surface area contributed by atoms with E-state index in [4.69, 9.17) is 11.6 Å². The summed E-state index contributed by atoms with van der Waals surface area (Å²) in [6.07, 6.45) is 0. The first kappa shape index (κ1) is 25.7. The highest BCUT2D eigenvalue weighted by Gasteiger charge is 2.24. The minimum atomic E-state index is -3.97. The van der Waals surface area contributed by atoms with Crippen molar-refractivity contribution >= 4 is 48.9 Å². The fraction of sp³-hybridized carbons (Fsp3) is 0.174. The van der Waals surface area contributed by atoms with Crippen LogP contribution in [0.25, 0.3) is 0 Å². The maximum Gasteiger partial charge on any atom is 0.264 e. The summed E-state index contributed by atoms with van der Waals surface area (Å²) in [5, 5.41) is 2.69. The standard InChI is InChI=1S/C23H24ClN3O5S2/c1-16-10-11-19(33(29,30)26(2)3)15-22(16)25-23(28)20-14-18(12-13-21(20)24)34(31,32)27(4)17-8-6-5-7-9-17/h5-15H,1-4H3,(H,25,28). The molecule has 180 valence electrons. The minimum absolute atomic E-state index is 0.00492. The van der Waals surface area contributed by atoms with Gasteiger partial charge in [-0.1, -0.05) is 35.9 Å². The smallest absolute Gasteiger partial charge is 0.264 e. The molecule has 34 heavy (non-hydrogen) atoms. The van der Waals surface area contributed by atoms with Crippen LogP contribution in [0.5, 0.6) is 0 Å². The third-order valence-electron chi connectivity index (χ3n) is 5.20. The van der Waals surface area contributed by atoms with Gasteiger partial charge in [0.2, 0.25) is 10.0 Å². The van der Waals surface area contributed by atoms with Crippen LogP contribution in [0.2, 0.25) is 5.02 Å². The Morgan fingerprint density at radius 1 is 0.824 bits per heavy atom. The highest BCUT2D eigenvalue weighted by atomic mass is 35.5. The minimum Gasteiger partial charge on any atom is -0.322 e. The lowest BCUT2D eigenvalue weighted by atomic mass is 10.1. The van der Waals surface area contributed by atoms with E-state index >= 15 is 0 Å². The van der Waals surface area contributed by atoms with Crippen molar-refractivity contribution in [2.24, 2.45) is 0 Å². The SMILES string of the molecule is Cc1ccc(S(=O)(=O)N(C)C)cc1NC(=O)c1cc(S(=O)(=O)N(C)c2ccccc2)ccc1Cl. The van der Waals surface area contributed by atoms with Crippen LogP contribution in [0.3, 0.4) is 0 Å². The molecule has 0 aromatic heterocycles. The number of rotatable bonds is 7. The second-order valence-electron chi connectivity index (χ2n) is 7.67. The van der Waals surface area contributed by atoms with E-state index in [0.29, 0.717) is 11.3 Å². The molecule has 0 saturated heterocycles. The molecule has 0 aliphatic carbocycles. The van der Waals surface area contributed by atoms with Crippen LogP contribution >= 0.6 is 11.6 Å². The highest BCUT2D eigenvalue weighted by molar-refractivity contribution is 7.92. The number of nitrogens with one attached hydrogen (secondary N) is 1. The lowest BCUT2D eigenvalue weighted by Crippen LogP contribution is -2.27. The molecule has 0 atom stereocenters. The van der Waals surface area contributed by atoms with Gasteiger partial charge in [-0.3, -0.25) is 9.10 Å². The van der Waals surface area contributed by atoms with Crippen molar-refractivity contribution in [3.8, 4) is 0 Å². The summed E-state index contributed by atoms with van der Waals surface area (Å²) < 4.78 is 53.4. The van der Waals surface area contributed by atoms with Crippen LogP contribution in [0, 0.1) is 6.92 Å². The normalized spacial score (nSPS) is 11.9. The van der Waals surface area contributed by atoms with Crippen LogP contribution in [0.4, 0.5) is 11.4 Å². The largest absolute Gasteiger partial charge is 0.322 e. The van der Waals surface area contributed by atoms with Gasteiger partial charge in [0.15, 0.2) is 0 Å². The first-order valence-electron chi connectivity index (χ1n) is 10.0. The molecule has 0 unspecified atom stereocenters. The monoisotopic (exact) mass is 521 g/mol. The Hall–Kier alpha value is -2.92. The van der Waals surface area contributed by atoms with Gasteiger partial charge in [-0.15, -0.1) is 0 Å². The number of hydrogen-bond donors (Lipinski definition) is 1. The first-order valence-corrected chi connectivity index (χ1v) is 13.3. The number of para-hydroxylation sites is 1. The van der Waals surface area contributed by atoms with Gasteiger partial charge in [-0.05, 0) is 55.0 Å². The van der Waals surface area contributed by atoms with Gasteiger partial charge >= 0.3 is 0 Å². The fourth-order valence-electron chi connectivity index (χ4n) is 3.07. The van der Waals surface area contributed by atoms with Crippen molar-refractivity contribution in [3.05, 3.63) is 82.9 Å². The molecule has 1 N–H and O–H groups in total. The van der Waals surface area contributed by atoms with Crippen molar-refractivity contribution in [2.75, 3.05) is 30.8 Å². The topological polar surface area (TPSA) is 104 Å². The summed E-state index contributed by atoms with van der Waals surface area (Å²) in [4.78, 5) is 12.9. The van der Waals surface area contributed by atoms with E-state index < -0.39 is 26.0 Å². The molecule has 0 spiro atoms. The Bertz CT molecular complexity index is 1440. The molecule has 0 saturated carbocycles. The zero-order chi connectivity index (χ0) is 25.3. The molecule has 0 bridgehead atoms. The number of carbonyl (C=O) groups excluding carboxylic acids is 1. The molecule has 3 aromatic carbocycles. The van der Waals surface area contributed by atoms with E-state index in [2.05, 4.69) is 5.32 Å². The van der Waals surface area contributed by atoms with Gasteiger partial charge in [0.05, 0.1) is 26.1 Å². The van der Waals surface area contributed by atoms with Crippen molar-refractivity contribution in [1.82, 2.24) is 4.31 Å². The summed E-state index contributed by atoms with van der Waals surface area (Å²) in [6, 6.07) is 16.7. The number of amides is 1. The summed E-state index contributed by atoms with van der Waals surface area (Å²) >= 11 is 6.22. The Labute approximate surface area is 204 Å². The van der Waals surface area contributed by atoms with E-state index in [0.717, 1.165) is 8.61 Å². The summed E-state index contributed by atoms with van der Waals surface area (Å²) in [5.41, 5.74) is 1.27. The fourth-order valence-corrected chi connectivity index (χ4v) is 5.42. The van der Waals surface area contributed by atoms with Crippen molar-refractivity contribution in [1.29, 1.82) is 0 Å². The summed E-state index contributed by atoms with van der Waals surface area (Å²) in [7, 11) is -3.45. The van der Waals surface area contributed by atoms with Crippen LogP contribution < -0.4 is 9.62 Å². The van der Waals surface area contributed by atoms with E-state index in [1.54, 1.807) is 43.3 Å². The Morgan fingerprint density at radius 2 is 1.41 bits per heavy atom. The van der Waals surface area contributed by atoms with E-state index in [1.807, 2.05) is 0 Å². The highest BCUT2D eigenvalue weighted by Crippen LogP contribution is 2.27. The number of benzene rings is 3. The van der Waals surface area contributed by atoms with Gasteiger partial charge < -0.3 is 5.32 Å². The summed E-state index contributed by atoms with van der Waals surface area (Å²) in [6.45, 7) is 1.71. The molecule has 1 amide bonds. The average molecular weight is 522 g/mol. The Kier molecular flexibility index (Phi) is 7.37. The molecule has 0 aliphatic rings. The molecule has 0 aliphatic heterocycles. The van der Waals surface area contributed by atoms with Crippen LogP contribution in [-0.2, 0) is 20.0 Å². The Morgan fingerprint density at radius 3 is 2.03 bits per heavy atom. The van der Waals surface area contributed by atoms with E-state index in [-0.39, 0.29) is 26.1 Å². The Balaban J connectivity index is 1.96. The molecule has 8 nitrogen and oxygen atoms in total. The maximum absolute atomic E-state index is 13.1. The number of carbonyl (C=O) groups is 1. The third kappa shape index (κ3) is 5.10. The zero-order valence-corrected chi connectivity index (χ0v) is 21.4. The second kappa shape index (κ2) is 9.75. The third-order valence-corrected chi connectivity index (χ3v) is 9.12. The lowest BCUT2D eigenvalue weighted by molar-refractivity contribution is 0.102. The van der Waals surface area contributed by atoms with Crippen LogP contribution in [0.15, 0.2) is 76.5 Å². The quantitative estimate of drug-likeness (QED) is 0.506. The molecule has 0 fully saturated rings. The van der Waals surface area contributed by atoms with Crippen molar-refractivity contribution < 1.29 is 21.6 Å². The number of aryl methyl sites for hydroxylation is 1. The average Bonchev–Trinajstić information content (AvgIpc) is 2.80. The number of hydrogen-bond acceptors (Lipinski definition) is 5. The van der Waals surface area contributed by atoms with E-state index in [1.165, 1.54) is 51.5 Å². The second-order valence-corrected chi connectivity index (χ2v) is 12.2. The molecule has 0 radical (unpaired) electrons. The van der Waals surface area contributed by atoms with Gasteiger partial charge in [-0.25, -0.2) is 21.1 Å². The summed E-state index contributed by atoms with van der Waals surface area (Å²) in [5.74, 6) is -0.674. The number of halogens is 1. The van der Waals surface area contributed by atoms with Gasteiger partial charge in [0, 0.05) is 26.8 Å². The first-order chi connectivity index (χ1) is 15.9. The molecular weight excluding hydrogens is 498 g/mol. The van der Waals surface area contributed by atoms with Crippen LogP contribution in [-0.4, -0.2) is 48.2 Å². The molecule has 11 heteroatoms.